The Labute approximate surface area is 147 Å². The SMILES string of the molecule is Cc1ccc(-n2ccc(=O)c(-c3nc(-c4cccc(F)c4)no3)n2)cc1. The molecule has 0 N–H and O–H groups in total. The molecule has 0 amide bonds. The van der Waals surface area contributed by atoms with Gasteiger partial charge >= 0.3 is 0 Å². The number of hydrogen-bond acceptors (Lipinski definition) is 5. The number of nitrogens with zero attached hydrogens (tertiary/aromatic N) is 4. The van der Waals surface area contributed by atoms with Crippen LogP contribution in [-0.2, 0) is 0 Å². The molecule has 0 atom stereocenters. The van der Waals surface area contributed by atoms with Gasteiger partial charge in [-0.15, -0.1) is 0 Å². The van der Waals surface area contributed by atoms with Gasteiger partial charge in [-0.05, 0) is 31.2 Å². The zero-order chi connectivity index (χ0) is 18.1. The lowest BCUT2D eigenvalue weighted by molar-refractivity contribution is 0.429. The van der Waals surface area contributed by atoms with Crippen molar-refractivity contribution in [3.05, 3.63) is 82.4 Å². The molecule has 0 spiro atoms. The first-order chi connectivity index (χ1) is 12.6. The van der Waals surface area contributed by atoms with Gasteiger partial charge in [0, 0.05) is 17.8 Å². The number of rotatable bonds is 3. The summed E-state index contributed by atoms with van der Waals surface area (Å²) in [6, 6.07) is 14.9. The van der Waals surface area contributed by atoms with Gasteiger partial charge in [-0.3, -0.25) is 4.79 Å². The van der Waals surface area contributed by atoms with E-state index in [0.29, 0.717) is 5.56 Å². The summed E-state index contributed by atoms with van der Waals surface area (Å²) in [5, 5.41) is 8.12. The Morgan fingerprint density at radius 1 is 1.08 bits per heavy atom. The van der Waals surface area contributed by atoms with Gasteiger partial charge in [-0.25, -0.2) is 9.07 Å². The number of halogens is 1. The first-order valence-electron chi connectivity index (χ1n) is 7.87. The van der Waals surface area contributed by atoms with Crippen LogP contribution in [0.4, 0.5) is 4.39 Å². The molecule has 0 saturated heterocycles. The molecule has 0 aliphatic carbocycles. The van der Waals surface area contributed by atoms with Gasteiger partial charge in [0.25, 0.3) is 5.89 Å². The molecule has 128 valence electrons. The number of aromatic nitrogens is 4. The molecule has 4 aromatic rings. The van der Waals surface area contributed by atoms with Crippen LogP contribution in [0.25, 0.3) is 28.7 Å². The monoisotopic (exact) mass is 348 g/mol. The Balaban J connectivity index is 1.75. The predicted octanol–water partition coefficient (Wildman–Crippen LogP) is 3.40. The molecule has 2 aromatic carbocycles. The summed E-state index contributed by atoms with van der Waals surface area (Å²) in [6.45, 7) is 1.99. The van der Waals surface area contributed by atoms with Crippen LogP contribution < -0.4 is 5.43 Å². The second kappa shape index (κ2) is 6.36. The molecule has 26 heavy (non-hydrogen) atoms. The highest BCUT2D eigenvalue weighted by Gasteiger charge is 2.16. The summed E-state index contributed by atoms with van der Waals surface area (Å²) < 4.78 is 20.1. The number of benzene rings is 2. The van der Waals surface area contributed by atoms with E-state index in [2.05, 4.69) is 15.2 Å². The largest absolute Gasteiger partial charge is 0.332 e. The molecule has 0 saturated carbocycles. The van der Waals surface area contributed by atoms with Crippen LogP contribution in [0.3, 0.4) is 0 Å². The number of aryl methyl sites for hydroxylation is 1. The Hall–Kier alpha value is -3.61. The van der Waals surface area contributed by atoms with Crippen LogP contribution in [0.1, 0.15) is 5.56 Å². The van der Waals surface area contributed by atoms with Crippen molar-refractivity contribution in [2.75, 3.05) is 0 Å². The smallest absolute Gasteiger partial charge is 0.282 e. The summed E-state index contributed by atoms with van der Waals surface area (Å²) in [5.41, 5.74) is 2.05. The average molecular weight is 348 g/mol. The maximum atomic E-state index is 13.4. The second-order valence-electron chi connectivity index (χ2n) is 5.74. The third-order valence-electron chi connectivity index (χ3n) is 3.82. The summed E-state index contributed by atoms with van der Waals surface area (Å²) in [5.74, 6) is -0.240. The van der Waals surface area contributed by atoms with E-state index in [1.54, 1.807) is 23.0 Å². The summed E-state index contributed by atoms with van der Waals surface area (Å²) in [6.07, 6.45) is 1.57. The van der Waals surface area contributed by atoms with Crippen LogP contribution in [0.5, 0.6) is 0 Å². The van der Waals surface area contributed by atoms with E-state index in [1.807, 2.05) is 31.2 Å². The molecule has 2 aromatic heterocycles. The van der Waals surface area contributed by atoms with Crippen molar-refractivity contribution in [2.45, 2.75) is 6.92 Å². The van der Waals surface area contributed by atoms with E-state index < -0.39 is 5.82 Å². The first kappa shape index (κ1) is 15.9. The average Bonchev–Trinajstić information content (AvgIpc) is 3.13. The van der Waals surface area contributed by atoms with Crippen LogP contribution in [-0.4, -0.2) is 19.9 Å². The second-order valence-corrected chi connectivity index (χ2v) is 5.74. The molecule has 0 fully saturated rings. The third kappa shape index (κ3) is 3.02. The lowest BCUT2D eigenvalue weighted by atomic mass is 10.2. The van der Waals surface area contributed by atoms with Crippen molar-refractivity contribution < 1.29 is 8.91 Å². The van der Waals surface area contributed by atoms with Gasteiger partial charge in [-0.2, -0.15) is 10.1 Å². The Morgan fingerprint density at radius 2 is 1.88 bits per heavy atom. The molecule has 0 unspecified atom stereocenters. The molecular formula is C19H13FN4O2. The zero-order valence-corrected chi connectivity index (χ0v) is 13.8. The third-order valence-corrected chi connectivity index (χ3v) is 3.82. The lowest BCUT2D eigenvalue weighted by Gasteiger charge is -2.05. The minimum Gasteiger partial charge on any atom is -0.332 e. The maximum absolute atomic E-state index is 13.4. The van der Waals surface area contributed by atoms with E-state index >= 15 is 0 Å². The van der Waals surface area contributed by atoms with Gasteiger partial charge in [0.2, 0.25) is 11.3 Å². The van der Waals surface area contributed by atoms with Gasteiger partial charge < -0.3 is 4.52 Å². The van der Waals surface area contributed by atoms with E-state index in [1.165, 1.54) is 18.2 Å². The molecule has 4 rings (SSSR count). The molecule has 0 aliphatic heterocycles. The minimum atomic E-state index is -0.409. The standard InChI is InChI=1S/C19H13FN4O2/c1-12-5-7-15(8-6-12)24-10-9-16(25)17(22-24)19-21-18(23-26-19)13-3-2-4-14(20)11-13/h2-11H,1H3. The van der Waals surface area contributed by atoms with Gasteiger partial charge in [-0.1, -0.05) is 35.0 Å². The fourth-order valence-corrected chi connectivity index (χ4v) is 2.46. The molecule has 7 heteroatoms. The van der Waals surface area contributed by atoms with Crippen LogP contribution >= 0.6 is 0 Å². The Bertz CT molecular complexity index is 1130. The quantitative estimate of drug-likeness (QED) is 0.567. The van der Waals surface area contributed by atoms with Crippen molar-refractivity contribution in [1.82, 2.24) is 19.9 Å². The highest BCUT2D eigenvalue weighted by Crippen LogP contribution is 2.20. The van der Waals surface area contributed by atoms with E-state index in [0.717, 1.165) is 11.3 Å². The molecule has 2 heterocycles. The van der Waals surface area contributed by atoms with E-state index in [-0.39, 0.29) is 22.8 Å². The van der Waals surface area contributed by atoms with E-state index in [9.17, 15) is 9.18 Å². The zero-order valence-electron chi connectivity index (χ0n) is 13.8. The Morgan fingerprint density at radius 3 is 2.65 bits per heavy atom. The molecule has 0 radical (unpaired) electrons. The molecule has 0 bridgehead atoms. The normalized spacial score (nSPS) is 10.8. The summed E-state index contributed by atoms with van der Waals surface area (Å²) in [4.78, 5) is 16.4. The summed E-state index contributed by atoms with van der Waals surface area (Å²) >= 11 is 0. The predicted molar refractivity (Wildman–Crippen MR) is 93.3 cm³/mol. The maximum Gasteiger partial charge on any atom is 0.282 e. The van der Waals surface area contributed by atoms with Crippen molar-refractivity contribution in [3.8, 4) is 28.7 Å². The molecule has 0 aliphatic rings. The summed E-state index contributed by atoms with van der Waals surface area (Å²) in [7, 11) is 0. The first-order valence-corrected chi connectivity index (χ1v) is 7.87. The van der Waals surface area contributed by atoms with Gasteiger partial charge in [0.1, 0.15) is 5.82 Å². The fraction of sp³-hybridized carbons (Fsp3) is 0.0526. The fourth-order valence-electron chi connectivity index (χ4n) is 2.46. The minimum absolute atomic E-state index is 0.0178. The van der Waals surface area contributed by atoms with Crippen molar-refractivity contribution in [2.24, 2.45) is 0 Å². The molecular weight excluding hydrogens is 335 g/mol. The lowest BCUT2D eigenvalue weighted by Crippen LogP contribution is -2.12. The highest BCUT2D eigenvalue weighted by molar-refractivity contribution is 5.57. The number of hydrogen-bond donors (Lipinski definition) is 0. The van der Waals surface area contributed by atoms with Crippen molar-refractivity contribution >= 4 is 0 Å². The highest BCUT2D eigenvalue weighted by atomic mass is 19.1. The Kier molecular flexibility index (Phi) is 3.89. The van der Waals surface area contributed by atoms with Gasteiger partial charge in [0.15, 0.2) is 5.69 Å². The van der Waals surface area contributed by atoms with Crippen LogP contribution in [0.15, 0.2) is 70.1 Å². The molecule has 6 nitrogen and oxygen atoms in total. The van der Waals surface area contributed by atoms with Crippen LogP contribution in [0, 0.1) is 12.7 Å². The van der Waals surface area contributed by atoms with E-state index in [4.69, 9.17) is 4.52 Å². The van der Waals surface area contributed by atoms with Gasteiger partial charge in [0.05, 0.1) is 5.69 Å². The topological polar surface area (TPSA) is 73.8 Å². The van der Waals surface area contributed by atoms with Crippen molar-refractivity contribution in [1.29, 1.82) is 0 Å². The van der Waals surface area contributed by atoms with Crippen molar-refractivity contribution in [3.63, 3.8) is 0 Å². The van der Waals surface area contributed by atoms with Crippen LogP contribution in [0.2, 0.25) is 0 Å².